The van der Waals surface area contributed by atoms with Crippen LogP contribution in [0.5, 0.6) is 0 Å². The van der Waals surface area contributed by atoms with E-state index >= 15 is 0 Å². The third kappa shape index (κ3) is 2.52. The van der Waals surface area contributed by atoms with Gasteiger partial charge >= 0.3 is 5.97 Å². The molecule has 0 bridgehead atoms. The highest BCUT2D eigenvalue weighted by molar-refractivity contribution is 14.1. The van der Waals surface area contributed by atoms with Gasteiger partial charge in [0.25, 0.3) is 0 Å². The highest BCUT2D eigenvalue weighted by Crippen LogP contribution is 2.51. The summed E-state index contributed by atoms with van der Waals surface area (Å²) < 4.78 is 2.12. The van der Waals surface area contributed by atoms with Crippen molar-refractivity contribution in [2.75, 3.05) is 0 Å². The molecule has 2 atom stereocenters. The van der Waals surface area contributed by atoms with Gasteiger partial charge in [-0.25, -0.2) is 0 Å². The Hall–Kier alpha value is -0.880. The third-order valence-electron chi connectivity index (χ3n) is 4.28. The number of aliphatic carboxylic acids is 1. The van der Waals surface area contributed by atoms with Gasteiger partial charge in [-0.1, -0.05) is 34.1 Å². The van der Waals surface area contributed by atoms with Crippen LogP contribution in [0.1, 0.15) is 29.5 Å². The maximum Gasteiger partial charge on any atom is 0.310 e. The van der Waals surface area contributed by atoms with E-state index in [0.29, 0.717) is 6.42 Å². The quantitative estimate of drug-likeness (QED) is 0.657. The average Bonchev–Trinajstić information content (AvgIpc) is 2.71. The maximum atomic E-state index is 11.9. The Balaban J connectivity index is 2.22. The fraction of sp³-hybridized carbons (Fsp3) is 0.235. The highest BCUT2D eigenvalue weighted by Gasteiger charge is 2.49. The van der Waals surface area contributed by atoms with Crippen LogP contribution in [0.25, 0.3) is 0 Å². The molecule has 2 nitrogen and oxygen atoms in total. The first-order valence-electron chi connectivity index (χ1n) is 6.69. The van der Waals surface area contributed by atoms with Gasteiger partial charge in [0.1, 0.15) is 0 Å². The number of halogens is 2. The van der Waals surface area contributed by atoms with E-state index in [9.17, 15) is 9.90 Å². The van der Waals surface area contributed by atoms with E-state index in [1.807, 2.05) is 37.3 Å². The normalized spacial score (nSPS) is 23.9. The van der Waals surface area contributed by atoms with Gasteiger partial charge in [0.05, 0.1) is 5.41 Å². The molecule has 0 amide bonds. The van der Waals surface area contributed by atoms with E-state index in [1.165, 1.54) is 0 Å². The Morgan fingerprint density at radius 1 is 1.33 bits per heavy atom. The molecular formula is C17H14BrIO2. The predicted octanol–water partition coefficient (Wildman–Crippen LogP) is 4.83. The van der Waals surface area contributed by atoms with Gasteiger partial charge < -0.3 is 5.11 Å². The van der Waals surface area contributed by atoms with Crippen LogP contribution in [0.3, 0.4) is 0 Å². The topological polar surface area (TPSA) is 37.3 Å². The molecule has 0 fully saturated rings. The first-order valence-corrected chi connectivity index (χ1v) is 8.56. The molecule has 1 N–H and O–H groups in total. The molecule has 0 aliphatic heterocycles. The first-order chi connectivity index (χ1) is 9.91. The predicted molar refractivity (Wildman–Crippen MR) is 94.6 cm³/mol. The summed E-state index contributed by atoms with van der Waals surface area (Å²) in [6.45, 7) is 1.85. The van der Waals surface area contributed by atoms with Crippen molar-refractivity contribution in [3.63, 3.8) is 0 Å². The second kappa shape index (κ2) is 5.39. The SMILES string of the molecule is C[C@]1(C(=O)O)Cc2ccc(I)cc2[C@H]1c1cccc(Br)c1. The third-order valence-corrected chi connectivity index (χ3v) is 5.45. The molecular weight excluding hydrogens is 443 g/mol. The number of carboxylic acid groups (broad SMARTS) is 1. The van der Waals surface area contributed by atoms with Crippen LogP contribution in [0.15, 0.2) is 46.9 Å². The van der Waals surface area contributed by atoms with Gasteiger partial charge in [0.2, 0.25) is 0 Å². The van der Waals surface area contributed by atoms with Gasteiger partial charge in [0.15, 0.2) is 0 Å². The molecule has 3 rings (SSSR count). The van der Waals surface area contributed by atoms with Gasteiger partial charge in [-0.05, 0) is 76.9 Å². The Morgan fingerprint density at radius 3 is 2.76 bits per heavy atom. The van der Waals surface area contributed by atoms with Crippen molar-refractivity contribution in [3.05, 3.63) is 67.2 Å². The van der Waals surface area contributed by atoms with Crippen LogP contribution in [0, 0.1) is 8.99 Å². The summed E-state index contributed by atoms with van der Waals surface area (Å²) in [5.74, 6) is -0.851. The second-order valence-corrected chi connectivity index (χ2v) is 7.89. The van der Waals surface area contributed by atoms with E-state index in [1.54, 1.807) is 0 Å². The van der Waals surface area contributed by atoms with Crippen LogP contribution < -0.4 is 0 Å². The smallest absolute Gasteiger partial charge is 0.310 e. The summed E-state index contributed by atoms with van der Waals surface area (Å²) in [5, 5.41) is 9.80. The van der Waals surface area contributed by atoms with Gasteiger partial charge in [-0.15, -0.1) is 0 Å². The molecule has 108 valence electrons. The summed E-state index contributed by atoms with van der Waals surface area (Å²) in [6.07, 6.45) is 0.575. The molecule has 0 radical (unpaired) electrons. The Labute approximate surface area is 145 Å². The zero-order valence-corrected chi connectivity index (χ0v) is 15.2. The number of carboxylic acids is 1. The van der Waals surface area contributed by atoms with E-state index < -0.39 is 11.4 Å². The van der Waals surface area contributed by atoms with Crippen LogP contribution in [-0.2, 0) is 11.2 Å². The van der Waals surface area contributed by atoms with E-state index in [0.717, 1.165) is 24.7 Å². The molecule has 2 aromatic carbocycles. The number of benzene rings is 2. The second-order valence-electron chi connectivity index (χ2n) is 5.73. The molecule has 0 aromatic heterocycles. The molecule has 0 spiro atoms. The standard InChI is InChI=1S/C17H14BrIO2/c1-17(16(20)21)9-11-5-6-13(19)8-14(11)15(17)10-3-2-4-12(18)7-10/h2-8,15H,9H2,1H3,(H,20,21)/t15-,17+/m1/s1. The van der Waals surface area contributed by atoms with Crippen LogP contribution in [0.2, 0.25) is 0 Å². The summed E-state index contributed by atoms with van der Waals surface area (Å²) in [7, 11) is 0. The number of hydrogen-bond donors (Lipinski definition) is 1. The minimum Gasteiger partial charge on any atom is -0.481 e. The molecule has 0 unspecified atom stereocenters. The van der Waals surface area contributed by atoms with Crippen molar-refractivity contribution in [3.8, 4) is 0 Å². The molecule has 1 aliphatic carbocycles. The minimum absolute atomic E-state index is 0.114. The molecule has 0 saturated heterocycles. The number of fused-ring (bicyclic) bond motifs is 1. The van der Waals surface area contributed by atoms with Crippen molar-refractivity contribution >= 4 is 44.5 Å². The fourth-order valence-electron chi connectivity index (χ4n) is 3.27. The van der Waals surface area contributed by atoms with E-state index in [4.69, 9.17) is 0 Å². The van der Waals surface area contributed by atoms with E-state index in [-0.39, 0.29) is 5.92 Å². The number of carbonyl (C=O) groups is 1. The number of hydrogen-bond acceptors (Lipinski definition) is 1. The molecule has 0 saturated carbocycles. The highest BCUT2D eigenvalue weighted by atomic mass is 127. The summed E-state index contributed by atoms with van der Waals surface area (Å²) in [5.41, 5.74) is 2.54. The van der Waals surface area contributed by atoms with E-state index in [2.05, 4.69) is 50.7 Å². The molecule has 4 heteroatoms. The molecule has 0 heterocycles. The van der Waals surface area contributed by atoms with Crippen LogP contribution in [0.4, 0.5) is 0 Å². The van der Waals surface area contributed by atoms with Crippen molar-refractivity contribution in [2.45, 2.75) is 19.3 Å². The average molecular weight is 457 g/mol. The first kappa shape index (κ1) is 15.0. The van der Waals surface area contributed by atoms with Crippen LogP contribution in [-0.4, -0.2) is 11.1 Å². The van der Waals surface area contributed by atoms with Gasteiger partial charge in [-0.2, -0.15) is 0 Å². The molecule has 21 heavy (non-hydrogen) atoms. The number of rotatable bonds is 2. The Kier molecular flexibility index (Phi) is 3.86. The lowest BCUT2D eigenvalue weighted by molar-refractivity contribution is -0.148. The lowest BCUT2D eigenvalue weighted by atomic mass is 9.74. The Bertz CT molecular complexity index is 728. The Morgan fingerprint density at radius 2 is 2.10 bits per heavy atom. The maximum absolute atomic E-state index is 11.9. The lowest BCUT2D eigenvalue weighted by Crippen LogP contribution is -2.32. The summed E-state index contributed by atoms with van der Waals surface area (Å²) >= 11 is 5.77. The zero-order valence-electron chi connectivity index (χ0n) is 11.4. The van der Waals surface area contributed by atoms with Gasteiger partial charge in [-0.3, -0.25) is 4.79 Å². The minimum atomic E-state index is -0.798. The molecule has 2 aromatic rings. The lowest BCUT2D eigenvalue weighted by Gasteiger charge is -2.28. The van der Waals surface area contributed by atoms with Crippen molar-refractivity contribution in [1.82, 2.24) is 0 Å². The van der Waals surface area contributed by atoms with Crippen molar-refractivity contribution < 1.29 is 9.90 Å². The monoisotopic (exact) mass is 456 g/mol. The molecule has 1 aliphatic rings. The fourth-order valence-corrected chi connectivity index (χ4v) is 4.20. The largest absolute Gasteiger partial charge is 0.481 e. The van der Waals surface area contributed by atoms with Crippen LogP contribution >= 0.6 is 38.5 Å². The zero-order chi connectivity index (χ0) is 15.2. The summed E-state index contributed by atoms with van der Waals surface area (Å²) in [6, 6.07) is 14.2. The van der Waals surface area contributed by atoms with Crippen molar-refractivity contribution in [1.29, 1.82) is 0 Å². The van der Waals surface area contributed by atoms with Crippen molar-refractivity contribution in [2.24, 2.45) is 5.41 Å². The summed E-state index contributed by atoms with van der Waals surface area (Å²) in [4.78, 5) is 11.9. The van der Waals surface area contributed by atoms with Gasteiger partial charge in [0, 0.05) is 14.0 Å².